The summed E-state index contributed by atoms with van der Waals surface area (Å²) in [6.07, 6.45) is 11.5. The molecule has 0 spiro atoms. The van der Waals surface area contributed by atoms with Gasteiger partial charge in [0.05, 0.1) is 21.0 Å². The molecule has 4 saturated carbocycles. The van der Waals surface area contributed by atoms with E-state index >= 15 is 0 Å². The minimum absolute atomic E-state index is 0.239. The fraction of sp³-hybridized carbons (Fsp3) is 1.00. The summed E-state index contributed by atoms with van der Waals surface area (Å²) in [5, 5.41) is -2.97. The van der Waals surface area contributed by atoms with Crippen LogP contribution in [0.15, 0.2) is 0 Å². The summed E-state index contributed by atoms with van der Waals surface area (Å²) in [6, 6.07) is 0. The van der Waals surface area contributed by atoms with E-state index in [-0.39, 0.29) is 35.5 Å². The molecule has 49 heavy (non-hydrogen) atoms. The molecule has 0 heterocycles. The highest BCUT2D eigenvalue weighted by molar-refractivity contribution is 7.87. The van der Waals surface area contributed by atoms with Crippen molar-refractivity contribution in [3.63, 3.8) is 0 Å². The highest BCUT2D eigenvalue weighted by Crippen LogP contribution is 2.47. The van der Waals surface area contributed by atoms with E-state index in [1.54, 1.807) is 0 Å². The van der Waals surface area contributed by atoms with Crippen LogP contribution in [0.3, 0.4) is 0 Å². The van der Waals surface area contributed by atoms with Crippen LogP contribution in [-0.2, 0) is 40.5 Å². The number of hydrogen-bond acceptors (Lipinski definition) is 8. The van der Waals surface area contributed by atoms with Gasteiger partial charge in [0.25, 0.3) is 40.5 Å². The maximum Gasteiger partial charge on any atom is 0.267 e. The van der Waals surface area contributed by atoms with Crippen LogP contribution in [0.1, 0.15) is 136 Å². The maximum absolute atomic E-state index is 12.0. The van der Waals surface area contributed by atoms with Gasteiger partial charge in [-0.05, 0) is 169 Å². The molecular weight excluding hydrogens is 717 g/mol. The molecule has 4 atom stereocenters. The average Bonchev–Trinajstić information content (AvgIpc) is 3.02. The Hall–Kier alpha value is -0.360. The molecular formula is C33H60O12S4. The van der Waals surface area contributed by atoms with Crippen LogP contribution in [0.5, 0.6) is 0 Å². The molecule has 4 unspecified atom stereocenters. The number of hydrogen-bond donors (Lipinski definition) is 4. The van der Waals surface area contributed by atoms with E-state index in [0.717, 1.165) is 19.3 Å². The first-order chi connectivity index (χ1) is 22.6. The van der Waals surface area contributed by atoms with E-state index in [2.05, 4.69) is 13.8 Å². The Kier molecular flexibility index (Phi) is 14.2. The normalized spacial score (nSPS) is 35.2. The molecule has 4 aliphatic rings. The van der Waals surface area contributed by atoms with Crippen LogP contribution >= 0.6 is 0 Å². The van der Waals surface area contributed by atoms with E-state index in [1.165, 1.54) is 0 Å². The van der Waals surface area contributed by atoms with Gasteiger partial charge in [0.2, 0.25) is 0 Å². The van der Waals surface area contributed by atoms with Crippen LogP contribution in [-0.4, -0.2) is 72.9 Å². The van der Waals surface area contributed by atoms with Gasteiger partial charge >= 0.3 is 0 Å². The van der Waals surface area contributed by atoms with Crippen molar-refractivity contribution < 1.29 is 51.9 Å². The molecule has 16 heteroatoms. The smallest absolute Gasteiger partial charge is 0.267 e. The minimum Gasteiger partial charge on any atom is -0.285 e. The molecule has 0 aromatic carbocycles. The molecule has 0 radical (unpaired) electrons. The Balaban J connectivity index is 1.53. The third-order valence-corrected chi connectivity index (χ3v) is 18.7. The Morgan fingerprint density at radius 3 is 0.776 bits per heavy atom. The maximum atomic E-state index is 12.0. The van der Waals surface area contributed by atoms with E-state index in [4.69, 9.17) is 0 Å². The van der Waals surface area contributed by atoms with Gasteiger partial charge in [-0.25, -0.2) is 0 Å². The summed E-state index contributed by atoms with van der Waals surface area (Å²) < 4.78 is 134. The lowest BCUT2D eigenvalue weighted by Crippen LogP contribution is -2.36. The van der Waals surface area contributed by atoms with Gasteiger partial charge in [-0.15, -0.1) is 0 Å². The molecule has 0 aromatic rings. The fourth-order valence-electron chi connectivity index (χ4n) is 10.3. The zero-order valence-corrected chi connectivity index (χ0v) is 32.3. The molecule has 4 N–H and O–H groups in total. The van der Waals surface area contributed by atoms with Crippen LogP contribution < -0.4 is 0 Å². The number of rotatable bonds is 14. The Labute approximate surface area is 295 Å². The molecule has 4 fully saturated rings. The van der Waals surface area contributed by atoms with Crippen LogP contribution in [0.4, 0.5) is 0 Å². The van der Waals surface area contributed by atoms with Crippen molar-refractivity contribution in [1.29, 1.82) is 0 Å². The first-order valence-corrected chi connectivity index (χ1v) is 24.5. The van der Waals surface area contributed by atoms with Gasteiger partial charge in [0, 0.05) is 0 Å². The molecule has 0 aromatic heterocycles. The lowest BCUT2D eigenvalue weighted by molar-refractivity contribution is 0.0996. The van der Waals surface area contributed by atoms with Crippen molar-refractivity contribution in [1.82, 2.24) is 0 Å². The quantitative estimate of drug-likeness (QED) is 0.140. The van der Waals surface area contributed by atoms with Gasteiger partial charge < -0.3 is 0 Å². The second kappa shape index (κ2) is 16.8. The topological polar surface area (TPSA) is 217 Å². The molecule has 0 bridgehead atoms. The van der Waals surface area contributed by atoms with E-state index < -0.39 is 61.5 Å². The lowest BCUT2D eigenvalue weighted by atomic mass is 9.65. The standard InChI is InChI=1S/C33H60O12S4/c1-22(24-3-11-30(12-4-24)46(34,35)36)19-28(26-7-15-32(16-8-26)48(40,41)42)21-29(27-9-17-33(18-10-27)49(43,44)45)20-23(2)25-5-13-31(14-6-25)47(37,38)39/h22-33H,3-21H2,1-2H3,(H,34,35,36)(H,37,38,39)(H,40,41,42)(H,43,44,45). The summed E-state index contributed by atoms with van der Waals surface area (Å²) in [4.78, 5) is 0. The first kappa shape index (κ1) is 41.4. The summed E-state index contributed by atoms with van der Waals surface area (Å²) in [7, 11) is -16.4. The third-order valence-electron chi connectivity index (χ3n) is 13.5. The lowest BCUT2D eigenvalue weighted by Gasteiger charge is -2.42. The Morgan fingerprint density at radius 1 is 0.367 bits per heavy atom. The van der Waals surface area contributed by atoms with Gasteiger partial charge in [0.1, 0.15) is 0 Å². The molecule has 288 valence electrons. The van der Waals surface area contributed by atoms with Crippen molar-refractivity contribution in [2.75, 3.05) is 0 Å². The van der Waals surface area contributed by atoms with Crippen LogP contribution in [0.2, 0.25) is 0 Å². The summed E-state index contributed by atoms with van der Waals surface area (Å²) in [5.74, 6) is 2.11. The Morgan fingerprint density at radius 2 is 0.571 bits per heavy atom. The van der Waals surface area contributed by atoms with Gasteiger partial charge in [-0.1, -0.05) is 13.8 Å². The molecule has 4 aliphatic carbocycles. The second-order valence-corrected chi connectivity index (χ2v) is 23.2. The molecule has 4 rings (SSSR count). The zero-order valence-electron chi connectivity index (χ0n) is 29.1. The summed E-state index contributed by atoms with van der Waals surface area (Å²) >= 11 is 0. The third kappa shape index (κ3) is 11.8. The van der Waals surface area contributed by atoms with Crippen molar-refractivity contribution in [3.05, 3.63) is 0 Å². The van der Waals surface area contributed by atoms with E-state index in [9.17, 15) is 51.9 Å². The average molecular weight is 777 g/mol. The zero-order chi connectivity index (χ0) is 36.4. The monoisotopic (exact) mass is 776 g/mol. The van der Waals surface area contributed by atoms with Gasteiger partial charge in [0.15, 0.2) is 0 Å². The van der Waals surface area contributed by atoms with Crippen molar-refractivity contribution >= 4 is 40.5 Å². The SMILES string of the molecule is CC(CC(CC(CC(C)C1CCC(S(=O)(=O)O)CC1)C1CCC(S(=O)(=O)O)CC1)C1CCC(S(=O)(=O)O)CC1)C1CCC(S(=O)(=O)O)CC1. The van der Waals surface area contributed by atoms with E-state index in [1.807, 2.05) is 0 Å². The van der Waals surface area contributed by atoms with Crippen LogP contribution in [0, 0.1) is 47.3 Å². The minimum atomic E-state index is -4.12. The van der Waals surface area contributed by atoms with Crippen molar-refractivity contribution in [3.8, 4) is 0 Å². The molecule has 12 nitrogen and oxygen atoms in total. The van der Waals surface area contributed by atoms with Gasteiger partial charge in [-0.3, -0.25) is 18.2 Å². The largest absolute Gasteiger partial charge is 0.285 e. The van der Waals surface area contributed by atoms with Gasteiger partial charge in [-0.2, -0.15) is 33.7 Å². The summed E-state index contributed by atoms with van der Waals surface area (Å²) in [5.41, 5.74) is 0. The predicted molar refractivity (Wildman–Crippen MR) is 188 cm³/mol. The molecule has 0 amide bonds. The van der Waals surface area contributed by atoms with Crippen molar-refractivity contribution in [2.45, 2.75) is 157 Å². The highest BCUT2D eigenvalue weighted by atomic mass is 32.2. The molecule has 0 aliphatic heterocycles. The fourth-order valence-corrected chi connectivity index (χ4v) is 13.8. The predicted octanol–water partition coefficient (Wildman–Crippen LogP) is 6.45. The molecule has 0 saturated heterocycles. The van der Waals surface area contributed by atoms with E-state index in [0.29, 0.717) is 115 Å². The Bertz CT molecular complexity index is 1380. The van der Waals surface area contributed by atoms with Crippen LogP contribution in [0.25, 0.3) is 0 Å². The van der Waals surface area contributed by atoms with Crippen molar-refractivity contribution in [2.24, 2.45) is 47.3 Å². The summed E-state index contributed by atoms with van der Waals surface area (Å²) in [6.45, 7) is 4.41. The first-order valence-electron chi connectivity index (χ1n) is 18.5. The second-order valence-electron chi connectivity index (χ2n) is 16.4. The highest BCUT2D eigenvalue weighted by Gasteiger charge is 2.41.